The van der Waals surface area contributed by atoms with Gasteiger partial charge in [0.05, 0.1) is 6.54 Å². The van der Waals surface area contributed by atoms with Crippen LogP contribution in [0.3, 0.4) is 0 Å². The van der Waals surface area contributed by atoms with Crippen molar-refractivity contribution in [2.24, 2.45) is 0 Å². The van der Waals surface area contributed by atoms with Gasteiger partial charge in [0, 0.05) is 12.5 Å². The van der Waals surface area contributed by atoms with E-state index in [-0.39, 0.29) is 0 Å². The van der Waals surface area contributed by atoms with Gasteiger partial charge in [-0.1, -0.05) is 30.3 Å². The lowest BCUT2D eigenvalue weighted by Gasteiger charge is -2.22. The maximum absolute atomic E-state index is 11.0. The molecule has 1 atom stereocenters. The molecule has 1 saturated heterocycles. The zero-order chi connectivity index (χ0) is 9.80. The number of ketones is 1. The van der Waals surface area contributed by atoms with Crippen molar-refractivity contribution < 1.29 is 4.79 Å². The van der Waals surface area contributed by atoms with Crippen LogP contribution in [0.1, 0.15) is 18.4 Å². The van der Waals surface area contributed by atoms with Crippen LogP contribution in [0.25, 0.3) is 0 Å². The first kappa shape index (κ1) is 9.41. The summed E-state index contributed by atoms with van der Waals surface area (Å²) in [5.41, 5.74) is 1.35. The van der Waals surface area contributed by atoms with Gasteiger partial charge < -0.3 is 5.32 Å². The second-order valence-corrected chi connectivity index (χ2v) is 3.84. The Morgan fingerprint density at radius 1 is 1.29 bits per heavy atom. The lowest BCUT2D eigenvalue weighted by Crippen LogP contribution is -2.40. The standard InChI is InChI=1S/C12H15NO/c14-12-7-6-11(13-9-12)8-10-4-2-1-3-5-10/h1-5,11,13H,6-9H2/t11-/m1/s1. The van der Waals surface area contributed by atoms with Gasteiger partial charge in [-0.05, 0) is 18.4 Å². The van der Waals surface area contributed by atoms with E-state index in [9.17, 15) is 4.79 Å². The fourth-order valence-electron chi connectivity index (χ4n) is 1.86. The predicted molar refractivity (Wildman–Crippen MR) is 56.2 cm³/mol. The molecule has 1 heterocycles. The molecule has 2 nitrogen and oxygen atoms in total. The van der Waals surface area contributed by atoms with E-state index in [0.717, 1.165) is 19.3 Å². The molecule has 0 spiro atoms. The van der Waals surface area contributed by atoms with Gasteiger partial charge in [-0.25, -0.2) is 0 Å². The maximum atomic E-state index is 11.0. The number of rotatable bonds is 2. The van der Waals surface area contributed by atoms with Crippen molar-refractivity contribution in [1.29, 1.82) is 0 Å². The summed E-state index contributed by atoms with van der Waals surface area (Å²) in [7, 11) is 0. The minimum absolute atomic E-state index is 0.342. The zero-order valence-electron chi connectivity index (χ0n) is 8.20. The molecule has 74 valence electrons. The maximum Gasteiger partial charge on any atom is 0.146 e. The van der Waals surface area contributed by atoms with Crippen LogP contribution in [0.2, 0.25) is 0 Å². The molecule has 1 aromatic carbocycles. The monoisotopic (exact) mass is 189 g/mol. The first-order valence-corrected chi connectivity index (χ1v) is 5.13. The SMILES string of the molecule is O=C1CC[C@H](Cc2ccccc2)NC1. The average Bonchev–Trinajstić information content (AvgIpc) is 2.23. The zero-order valence-corrected chi connectivity index (χ0v) is 8.20. The smallest absolute Gasteiger partial charge is 0.146 e. The molecule has 0 aliphatic carbocycles. The Hall–Kier alpha value is -1.15. The van der Waals surface area contributed by atoms with E-state index in [2.05, 4.69) is 29.6 Å². The van der Waals surface area contributed by atoms with Crippen LogP contribution in [-0.4, -0.2) is 18.4 Å². The van der Waals surface area contributed by atoms with Crippen LogP contribution in [0.4, 0.5) is 0 Å². The summed E-state index contributed by atoms with van der Waals surface area (Å²) in [6, 6.07) is 10.9. The Labute approximate surface area is 84.3 Å². The summed E-state index contributed by atoms with van der Waals surface area (Å²) in [4.78, 5) is 11.0. The van der Waals surface area contributed by atoms with Gasteiger partial charge in [0.1, 0.15) is 5.78 Å². The normalized spacial score (nSPS) is 22.3. The number of hydrogen-bond donors (Lipinski definition) is 1. The van der Waals surface area contributed by atoms with Crippen molar-refractivity contribution in [3.63, 3.8) is 0 Å². The minimum Gasteiger partial charge on any atom is -0.307 e. The number of benzene rings is 1. The van der Waals surface area contributed by atoms with Crippen molar-refractivity contribution in [3.8, 4) is 0 Å². The Bertz CT molecular complexity index is 297. The van der Waals surface area contributed by atoms with Crippen molar-refractivity contribution in [3.05, 3.63) is 35.9 Å². The molecule has 1 aliphatic heterocycles. The molecule has 0 bridgehead atoms. The largest absolute Gasteiger partial charge is 0.307 e. The van der Waals surface area contributed by atoms with Crippen LogP contribution >= 0.6 is 0 Å². The molecule has 14 heavy (non-hydrogen) atoms. The fourth-order valence-corrected chi connectivity index (χ4v) is 1.86. The number of hydrogen-bond acceptors (Lipinski definition) is 2. The molecule has 1 aliphatic rings. The molecule has 2 heteroatoms. The quantitative estimate of drug-likeness (QED) is 0.764. The van der Waals surface area contributed by atoms with E-state index in [4.69, 9.17) is 0 Å². The third-order valence-corrected chi connectivity index (χ3v) is 2.68. The first-order chi connectivity index (χ1) is 6.84. The topological polar surface area (TPSA) is 29.1 Å². The second kappa shape index (κ2) is 4.38. The fraction of sp³-hybridized carbons (Fsp3) is 0.417. The lowest BCUT2D eigenvalue weighted by molar-refractivity contribution is -0.119. The second-order valence-electron chi connectivity index (χ2n) is 3.84. The lowest BCUT2D eigenvalue weighted by atomic mass is 9.97. The Morgan fingerprint density at radius 2 is 2.07 bits per heavy atom. The van der Waals surface area contributed by atoms with Crippen LogP contribution in [-0.2, 0) is 11.2 Å². The highest BCUT2D eigenvalue weighted by atomic mass is 16.1. The molecular weight excluding hydrogens is 174 g/mol. The van der Waals surface area contributed by atoms with Crippen LogP contribution < -0.4 is 5.32 Å². The highest BCUT2D eigenvalue weighted by Gasteiger charge is 2.17. The van der Waals surface area contributed by atoms with Crippen molar-refractivity contribution in [2.75, 3.05) is 6.54 Å². The van der Waals surface area contributed by atoms with Gasteiger partial charge in [-0.2, -0.15) is 0 Å². The van der Waals surface area contributed by atoms with Crippen LogP contribution in [0, 0.1) is 0 Å². The van der Waals surface area contributed by atoms with Crippen molar-refractivity contribution in [1.82, 2.24) is 5.32 Å². The van der Waals surface area contributed by atoms with Gasteiger partial charge in [-0.3, -0.25) is 4.79 Å². The minimum atomic E-state index is 0.342. The Morgan fingerprint density at radius 3 is 2.71 bits per heavy atom. The van der Waals surface area contributed by atoms with Gasteiger partial charge in [0.25, 0.3) is 0 Å². The first-order valence-electron chi connectivity index (χ1n) is 5.13. The van der Waals surface area contributed by atoms with E-state index in [1.54, 1.807) is 0 Å². The predicted octanol–water partition coefficient (Wildman–Crippen LogP) is 1.55. The molecule has 0 unspecified atom stereocenters. The third-order valence-electron chi connectivity index (χ3n) is 2.68. The summed E-state index contributed by atoms with van der Waals surface area (Å²) >= 11 is 0. The van der Waals surface area contributed by atoms with E-state index in [1.165, 1.54) is 5.56 Å². The summed E-state index contributed by atoms with van der Waals surface area (Å²) in [5, 5.41) is 3.27. The summed E-state index contributed by atoms with van der Waals surface area (Å²) in [5.74, 6) is 0.342. The highest BCUT2D eigenvalue weighted by molar-refractivity contribution is 5.81. The number of carbonyl (C=O) groups excluding carboxylic acids is 1. The number of carbonyl (C=O) groups is 1. The Kier molecular flexibility index (Phi) is 2.94. The number of piperidine rings is 1. The molecule has 2 rings (SSSR count). The molecule has 0 saturated carbocycles. The summed E-state index contributed by atoms with van der Waals surface area (Å²) < 4.78 is 0. The summed E-state index contributed by atoms with van der Waals surface area (Å²) in [6.07, 6.45) is 2.76. The van der Waals surface area contributed by atoms with Gasteiger partial charge in [0.2, 0.25) is 0 Å². The molecule has 0 amide bonds. The van der Waals surface area contributed by atoms with Gasteiger partial charge in [0.15, 0.2) is 0 Å². The average molecular weight is 189 g/mol. The van der Waals surface area contributed by atoms with E-state index in [1.807, 2.05) is 6.07 Å². The third kappa shape index (κ3) is 2.42. The number of Topliss-reactive ketones (excluding diaryl/α,β-unsaturated/α-hetero) is 1. The van der Waals surface area contributed by atoms with E-state index < -0.39 is 0 Å². The molecule has 0 radical (unpaired) electrons. The van der Waals surface area contributed by atoms with Gasteiger partial charge >= 0.3 is 0 Å². The highest BCUT2D eigenvalue weighted by Crippen LogP contribution is 2.10. The van der Waals surface area contributed by atoms with Gasteiger partial charge in [-0.15, -0.1) is 0 Å². The molecular formula is C12H15NO. The summed E-state index contributed by atoms with van der Waals surface area (Å²) in [6.45, 7) is 0.553. The molecule has 1 fully saturated rings. The van der Waals surface area contributed by atoms with Crippen molar-refractivity contribution in [2.45, 2.75) is 25.3 Å². The van der Waals surface area contributed by atoms with E-state index >= 15 is 0 Å². The molecule has 0 aromatic heterocycles. The van der Waals surface area contributed by atoms with Crippen LogP contribution in [0.5, 0.6) is 0 Å². The Balaban J connectivity index is 1.89. The number of nitrogens with one attached hydrogen (secondary N) is 1. The van der Waals surface area contributed by atoms with E-state index in [0.29, 0.717) is 18.4 Å². The van der Waals surface area contributed by atoms with Crippen LogP contribution in [0.15, 0.2) is 30.3 Å². The molecule has 1 aromatic rings. The van der Waals surface area contributed by atoms with Crippen molar-refractivity contribution >= 4 is 5.78 Å². The molecule has 1 N–H and O–H groups in total.